The van der Waals surface area contributed by atoms with Crippen LogP contribution in [0.1, 0.15) is 5.56 Å². The van der Waals surface area contributed by atoms with Crippen molar-refractivity contribution < 1.29 is 0 Å². The maximum absolute atomic E-state index is 5.24. The number of fused-ring (bicyclic) bond motifs is 8. The Morgan fingerprint density at radius 3 is 1.50 bits per heavy atom. The summed E-state index contributed by atoms with van der Waals surface area (Å²) in [6.07, 6.45) is 0. The Hall–Kier alpha value is -6.62. The van der Waals surface area contributed by atoms with Crippen molar-refractivity contribution in [3.63, 3.8) is 0 Å². The van der Waals surface area contributed by atoms with Gasteiger partial charge >= 0.3 is 0 Å². The lowest BCUT2D eigenvalue weighted by Crippen LogP contribution is -2.01. The molecule has 0 atom stereocenters. The molecule has 10 rings (SSSR count). The summed E-state index contributed by atoms with van der Waals surface area (Å²) in [6, 6.07) is 62.0. The first kappa shape index (κ1) is 32.1. The van der Waals surface area contributed by atoms with Crippen LogP contribution in [0, 0.1) is 6.92 Å². The van der Waals surface area contributed by atoms with Crippen LogP contribution in [0.2, 0.25) is 0 Å². The van der Waals surface area contributed by atoms with Gasteiger partial charge < -0.3 is 0 Å². The zero-order valence-electron chi connectivity index (χ0n) is 29.5. The number of hydrogen-bond acceptors (Lipinski definition) is 4. The van der Waals surface area contributed by atoms with Gasteiger partial charge in [-0.25, -0.2) is 15.0 Å². The molecule has 0 aliphatic rings. The van der Waals surface area contributed by atoms with Crippen molar-refractivity contribution >= 4 is 55.7 Å². The summed E-state index contributed by atoms with van der Waals surface area (Å²) in [4.78, 5) is 16.5. The van der Waals surface area contributed by atoms with E-state index in [1.165, 1.54) is 48.8 Å². The lowest BCUT2D eigenvalue weighted by molar-refractivity contribution is 1.08. The maximum atomic E-state index is 5.24. The number of rotatable bonds is 5. The van der Waals surface area contributed by atoms with Gasteiger partial charge in [0.05, 0.1) is 0 Å². The first-order valence-corrected chi connectivity index (χ1v) is 18.6. The average Bonchev–Trinajstić information content (AvgIpc) is 3.24. The molecule has 0 saturated carbocycles. The van der Waals surface area contributed by atoms with E-state index in [2.05, 4.69) is 165 Å². The highest BCUT2D eigenvalue weighted by molar-refractivity contribution is 7.80. The molecular weight excluding hydrogens is 675 g/mol. The third kappa shape index (κ3) is 5.42. The van der Waals surface area contributed by atoms with E-state index in [1.54, 1.807) is 0 Å². The molecule has 0 saturated heterocycles. The Morgan fingerprint density at radius 1 is 0.333 bits per heavy atom. The lowest BCUT2D eigenvalue weighted by Gasteiger charge is -2.16. The fraction of sp³-hybridized carbons (Fsp3) is 0.0200. The molecule has 0 spiro atoms. The molecule has 0 aliphatic carbocycles. The molecule has 0 amide bonds. The molecule has 0 aliphatic heterocycles. The minimum absolute atomic E-state index is 0.629. The first-order chi connectivity index (χ1) is 26.6. The van der Waals surface area contributed by atoms with E-state index >= 15 is 0 Å². The number of nitrogens with zero attached hydrogens (tertiary/aromatic N) is 3. The SMILES string of the molecule is Cc1ccccc1-c1cc(-c2ccc(-c3nc(-c4ccccc4)nc(-c4cc5c6ccccc6c6ccccc6c5c5ccccc45)n3)cc2)ccc1S. The van der Waals surface area contributed by atoms with Gasteiger partial charge in [-0.15, -0.1) is 12.6 Å². The molecule has 0 radical (unpaired) electrons. The second-order valence-electron chi connectivity index (χ2n) is 13.8. The summed E-state index contributed by atoms with van der Waals surface area (Å²) in [7, 11) is 0. The molecule has 0 fully saturated rings. The quantitative estimate of drug-likeness (QED) is 0.143. The molecule has 0 bridgehead atoms. The lowest BCUT2D eigenvalue weighted by atomic mass is 9.89. The van der Waals surface area contributed by atoms with E-state index in [0.29, 0.717) is 17.5 Å². The molecule has 0 N–H and O–H groups in total. The van der Waals surface area contributed by atoms with Crippen molar-refractivity contribution in [1.82, 2.24) is 15.0 Å². The van der Waals surface area contributed by atoms with Crippen LogP contribution < -0.4 is 0 Å². The Balaban J connectivity index is 1.16. The summed E-state index contributed by atoms with van der Waals surface area (Å²) in [6.45, 7) is 2.14. The standard InChI is InChI=1S/C50H33N3S/c1-31-13-5-6-16-36(31)43-29-35(27-28-46(43)54)32-23-25-34(26-24-32)49-51-48(33-14-3-2-4-15-33)52-50(53-49)45-30-44-39-19-8-7-17-37(39)38-18-9-11-21-41(38)47(44)42-22-12-10-20-40(42)45/h2-30,54H,1H3. The van der Waals surface area contributed by atoms with E-state index in [1.807, 2.05) is 18.2 Å². The fourth-order valence-electron chi connectivity index (χ4n) is 7.91. The van der Waals surface area contributed by atoms with Gasteiger partial charge in [0.2, 0.25) is 0 Å². The van der Waals surface area contributed by atoms with Gasteiger partial charge in [-0.2, -0.15) is 0 Å². The van der Waals surface area contributed by atoms with E-state index in [0.717, 1.165) is 43.7 Å². The summed E-state index contributed by atoms with van der Waals surface area (Å²) in [5.41, 5.74) is 8.61. The second kappa shape index (κ2) is 13.1. The van der Waals surface area contributed by atoms with Crippen LogP contribution in [-0.4, -0.2) is 15.0 Å². The largest absolute Gasteiger partial charge is 0.208 e. The number of thiol groups is 1. The van der Waals surface area contributed by atoms with Gasteiger partial charge in [-0.3, -0.25) is 0 Å². The van der Waals surface area contributed by atoms with Crippen LogP contribution in [0.4, 0.5) is 0 Å². The minimum Gasteiger partial charge on any atom is -0.208 e. The van der Waals surface area contributed by atoms with Gasteiger partial charge in [0.15, 0.2) is 17.5 Å². The molecule has 0 unspecified atom stereocenters. The fourth-order valence-corrected chi connectivity index (χ4v) is 8.17. The van der Waals surface area contributed by atoms with E-state index < -0.39 is 0 Å². The number of hydrogen-bond donors (Lipinski definition) is 1. The number of aryl methyl sites for hydroxylation is 1. The summed E-state index contributed by atoms with van der Waals surface area (Å²) < 4.78 is 0. The van der Waals surface area contributed by atoms with Gasteiger partial charge in [0.1, 0.15) is 0 Å². The Kier molecular flexibility index (Phi) is 7.78. The van der Waals surface area contributed by atoms with E-state index in [4.69, 9.17) is 27.6 Å². The molecule has 1 heterocycles. The van der Waals surface area contributed by atoms with Crippen LogP contribution in [0.25, 0.3) is 99.5 Å². The smallest absolute Gasteiger partial charge is 0.164 e. The molecule has 4 heteroatoms. The minimum atomic E-state index is 0.629. The van der Waals surface area contributed by atoms with Crippen molar-refractivity contribution in [1.29, 1.82) is 0 Å². The Morgan fingerprint density at radius 2 is 0.815 bits per heavy atom. The summed E-state index contributed by atoms with van der Waals surface area (Å²) in [5, 5.41) is 9.65. The third-order valence-electron chi connectivity index (χ3n) is 10.6. The van der Waals surface area contributed by atoms with Gasteiger partial charge in [0, 0.05) is 21.6 Å². The van der Waals surface area contributed by atoms with Crippen molar-refractivity contribution in [3.05, 3.63) is 181 Å². The van der Waals surface area contributed by atoms with Crippen molar-refractivity contribution in [2.24, 2.45) is 0 Å². The van der Waals surface area contributed by atoms with Crippen molar-refractivity contribution in [2.75, 3.05) is 0 Å². The predicted molar refractivity (Wildman–Crippen MR) is 229 cm³/mol. The molecule has 254 valence electrons. The Bertz CT molecular complexity index is 3060. The zero-order valence-corrected chi connectivity index (χ0v) is 30.4. The highest BCUT2D eigenvalue weighted by Gasteiger charge is 2.19. The molecule has 54 heavy (non-hydrogen) atoms. The number of aromatic nitrogens is 3. The monoisotopic (exact) mass is 707 g/mol. The van der Waals surface area contributed by atoms with Crippen LogP contribution in [0.15, 0.2) is 181 Å². The first-order valence-electron chi connectivity index (χ1n) is 18.2. The van der Waals surface area contributed by atoms with E-state index in [9.17, 15) is 0 Å². The molecule has 1 aromatic heterocycles. The summed E-state index contributed by atoms with van der Waals surface area (Å²) in [5.74, 6) is 1.91. The van der Waals surface area contributed by atoms with Crippen molar-refractivity contribution in [2.45, 2.75) is 11.8 Å². The summed E-state index contributed by atoms with van der Waals surface area (Å²) >= 11 is 4.81. The van der Waals surface area contributed by atoms with Crippen LogP contribution >= 0.6 is 12.6 Å². The Labute approximate surface area is 319 Å². The topological polar surface area (TPSA) is 38.7 Å². The van der Waals surface area contributed by atoms with Crippen molar-refractivity contribution in [3.8, 4) is 56.4 Å². The predicted octanol–water partition coefficient (Wildman–Crippen LogP) is 13.4. The van der Waals surface area contributed by atoms with Gasteiger partial charge in [0.25, 0.3) is 0 Å². The van der Waals surface area contributed by atoms with Crippen LogP contribution in [-0.2, 0) is 0 Å². The normalized spacial score (nSPS) is 11.5. The molecular formula is C50H33N3S. The molecule has 10 aromatic rings. The van der Waals surface area contributed by atoms with Gasteiger partial charge in [-0.05, 0) is 96.0 Å². The third-order valence-corrected chi connectivity index (χ3v) is 11.0. The number of benzene rings is 9. The molecule has 9 aromatic carbocycles. The average molecular weight is 708 g/mol. The zero-order chi connectivity index (χ0) is 36.2. The maximum Gasteiger partial charge on any atom is 0.164 e. The molecule has 3 nitrogen and oxygen atoms in total. The van der Waals surface area contributed by atoms with Crippen LogP contribution in [0.3, 0.4) is 0 Å². The van der Waals surface area contributed by atoms with Crippen LogP contribution in [0.5, 0.6) is 0 Å². The highest BCUT2D eigenvalue weighted by Crippen LogP contribution is 2.42. The van der Waals surface area contributed by atoms with E-state index in [-0.39, 0.29) is 0 Å². The van der Waals surface area contributed by atoms with Gasteiger partial charge in [-0.1, -0.05) is 158 Å². The highest BCUT2D eigenvalue weighted by atomic mass is 32.1. The second-order valence-corrected chi connectivity index (χ2v) is 14.3.